The van der Waals surface area contributed by atoms with Crippen LogP contribution < -0.4 is 25.4 Å². The minimum absolute atomic E-state index is 0.0195. The lowest BCUT2D eigenvalue weighted by molar-refractivity contribution is -0.157. The number of carbonyl (C=O) groups excluding carboxylic acids is 15. The van der Waals surface area contributed by atoms with Crippen LogP contribution in [-0.4, -0.2) is 256 Å². The fourth-order valence-electron chi connectivity index (χ4n) is 12.1. The molecule has 5 aromatic rings. The molecule has 3 atom stereocenters. The lowest BCUT2D eigenvalue weighted by Crippen LogP contribution is -2.54. The first-order valence-corrected chi connectivity index (χ1v) is 43.5. The van der Waals surface area contributed by atoms with E-state index in [0.29, 0.717) is 6.61 Å². The molecule has 127 heavy (non-hydrogen) atoms. The quantitative estimate of drug-likeness (QED) is 0.00732. The molecule has 0 bridgehead atoms. The van der Waals surface area contributed by atoms with E-state index in [-0.39, 0.29) is 215 Å². The van der Waals surface area contributed by atoms with Crippen LogP contribution in [0.2, 0.25) is 0 Å². The number of nitrogens with zero attached hydrogens (tertiary/aromatic N) is 3. The van der Waals surface area contributed by atoms with Crippen LogP contribution in [0.3, 0.4) is 0 Å². The average molecular weight is 1840 g/mol. The van der Waals surface area contributed by atoms with Crippen molar-refractivity contribution < 1.29 is 156 Å². The molecule has 3 fully saturated rings. The number of rotatable bonds is 31. The second-order valence-electron chi connectivity index (χ2n) is 31.3. The van der Waals surface area contributed by atoms with Gasteiger partial charge in [-0.1, -0.05) is 53.6 Å². The maximum Gasteiger partial charge on any atom is 0.308 e. The van der Waals surface area contributed by atoms with Crippen LogP contribution in [0.4, 0.5) is 0 Å². The van der Waals surface area contributed by atoms with Crippen LogP contribution in [0.25, 0.3) is 0 Å². The second-order valence-corrected chi connectivity index (χ2v) is 35.4. The van der Waals surface area contributed by atoms with Gasteiger partial charge in [0.25, 0.3) is 54.6 Å². The fourth-order valence-corrected chi connectivity index (χ4v) is 13.7. The van der Waals surface area contributed by atoms with Crippen LogP contribution in [0, 0.1) is 13.8 Å². The topological polar surface area (TPSA) is 540 Å². The number of benzene rings is 5. The number of carboxylic acid groups (broad SMARTS) is 1. The average Bonchev–Trinajstić information content (AvgIpc) is 1.62. The number of phenolic OH excluding ortho intramolecular Hbond substituents is 1. The molecule has 12 amide bonds. The van der Waals surface area contributed by atoms with Crippen LogP contribution in [0.5, 0.6) is 17.2 Å². The molecule has 0 spiro atoms. The number of hydrogen-bond acceptors (Lipinski definition) is 32. The molecule has 11 rings (SSSR count). The number of fused-ring (bicyclic) bond motifs is 3. The summed E-state index contributed by atoms with van der Waals surface area (Å²) in [6.07, 6.45) is 0.725. The van der Waals surface area contributed by atoms with E-state index >= 15 is 0 Å². The number of ether oxygens (including phenoxy) is 9. The van der Waals surface area contributed by atoms with Crippen molar-refractivity contribution >= 4 is 125 Å². The van der Waals surface area contributed by atoms with Gasteiger partial charge in [-0.05, 0) is 156 Å². The molecule has 0 radical (unpaired) electrons. The van der Waals surface area contributed by atoms with Gasteiger partial charge < -0.3 is 58.0 Å². The van der Waals surface area contributed by atoms with Crippen molar-refractivity contribution in [2.75, 3.05) is 79.3 Å². The Bertz CT molecular complexity index is 5120. The Kier molecular flexibility index (Phi) is 39.0. The molecule has 39 nitrogen and oxygen atoms in total. The van der Waals surface area contributed by atoms with Gasteiger partial charge in [-0.15, -0.1) is 0 Å². The normalized spacial score (nSPS) is 16.6. The van der Waals surface area contributed by atoms with E-state index in [1.54, 1.807) is 84.0 Å². The number of aliphatic carboxylic acids is 1. The third-order valence-electron chi connectivity index (χ3n) is 17.7. The molecular weight excluding hydrogens is 1730 g/mol. The molecule has 690 valence electrons. The zero-order valence-electron chi connectivity index (χ0n) is 71.7. The summed E-state index contributed by atoms with van der Waals surface area (Å²) in [6.45, 7) is 21.2. The number of aromatic hydroxyl groups is 1. The van der Waals surface area contributed by atoms with E-state index in [4.69, 9.17) is 67.7 Å². The van der Waals surface area contributed by atoms with E-state index in [2.05, 4.69) is 16.0 Å². The van der Waals surface area contributed by atoms with Gasteiger partial charge in [-0.3, -0.25) is 112 Å². The number of esters is 3. The summed E-state index contributed by atoms with van der Waals surface area (Å²) in [5, 5.41) is 33.0. The largest absolute Gasteiger partial charge is 0.507 e. The Hall–Kier alpha value is -11.8. The number of hydrogen-bond donors (Lipinski definition) is 6. The number of imide groups is 6. The lowest BCUT2D eigenvalue weighted by Gasteiger charge is -2.27. The minimum Gasteiger partial charge on any atom is -0.507 e. The first-order chi connectivity index (χ1) is 59.5. The van der Waals surface area contributed by atoms with Crippen LogP contribution >= 0.6 is 10.7 Å². The Morgan fingerprint density at radius 1 is 0.409 bits per heavy atom. The van der Waals surface area contributed by atoms with Crippen LogP contribution in [0.1, 0.15) is 200 Å². The summed E-state index contributed by atoms with van der Waals surface area (Å²) >= 11 is 0. The zero-order valence-corrected chi connectivity index (χ0v) is 74.1. The van der Waals surface area contributed by atoms with Gasteiger partial charge in [0.05, 0.1) is 135 Å². The lowest BCUT2D eigenvalue weighted by atomic mass is 10.0. The molecule has 3 saturated heterocycles. The molecule has 6 N–H and O–H groups in total. The smallest absolute Gasteiger partial charge is 0.308 e. The first kappa shape index (κ1) is 104. The monoisotopic (exact) mass is 1830 g/mol. The van der Waals surface area contributed by atoms with Crippen LogP contribution in [-0.2, 0) is 104 Å². The van der Waals surface area contributed by atoms with Gasteiger partial charge in [0.15, 0.2) is 0 Å². The Morgan fingerprint density at radius 2 is 0.724 bits per heavy atom. The van der Waals surface area contributed by atoms with Crippen LogP contribution in [0.15, 0.2) is 113 Å². The highest BCUT2D eigenvalue weighted by atomic mass is 35.7. The minimum atomic E-state index is -3.78. The fraction of sp³-hybridized carbons (Fsp3) is 0.459. The molecular formula is C85H103ClN6O33S2. The SMILES string of the molecule is CC(C)(C)OC(=O)CCOCCO.CC(C)(C)OC(=O)CCOCCOc1cccc2c1C(=O)N(C1CCC(=O)NC1=O)C2=O.Cc1ccc(S(=O)(=O)Cl)cc1.Cc1ccc(S(=O)(=O)OCCOCCC(=O)OC(C)(C)C)cc1.O=C(O)CCOCCOc1cccc2c1C(=O)N(C1CCC(=O)NC1=O)C2=O.O=C1CCC(N2C(=O)c3cccc(O)c3C2=O)C(=O)N1. The number of halogens is 1. The van der Waals surface area contributed by atoms with E-state index in [0.717, 1.165) is 25.8 Å². The van der Waals surface area contributed by atoms with Gasteiger partial charge in [0, 0.05) is 29.9 Å². The van der Waals surface area contributed by atoms with Crippen molar-refractivity contribution in [1.29, 1.82) is 0 Å². The summed E-state index contributed by atoms with van der Waals surface area (Å²) in [5.74, 6) is -9.05. The highest BCUT2D eigenvalue weighted by molar-refractivity contribution is 8.13. The van der Waals surface area contributed by atoms with Crippen molar-refractivity contribution in [2.24, 2.45) is 0 Å². The van der Waals surface area contributed by atoms with Crippen molar-refractivity contribution in [3.63, 3.8) is 0 Å². The third kappa shape index (κ3) is 32.5. The summed E-state index contributed by atoms with van der Waals surface area (Å²) in [4.78, 5) is 193. The van der Waals surface area contributed by atoms with E-state index in [9.17, 15) is 98.7 Å². The zero-order chi connectivity index (χ0) is 94.5. The molecule has 0 aromatic heterocycles. The maximum absolute atomic E-state index is 13.0. The van der Waals surface area contributed by atoms with Crippen molar-refractivity contribution in [1.82, 2.24) is 30.7 Å². The summed E-state index contributed by atoms with van der Waals surface area (Å²) in [5.41, 5.74) is 0.835. The third-order valence-corrected chi connectivity index (χ3v) is 20.4. The number of aryl methyl sites for hydroxylation is 2. The highest BCUT2D eigenvalue weighted by Gasteiger charge is 2.49. The molecule has 0 aliphatic carbocycles. The number of amides is 12. The molecule has 0 saturated carbocycles. The van der Waals surface area contributed by atoms with Crippen molar-refractivity contribution in [3.8, 4) is 17.2 Å². The predicted octanol–water partition coefficient (Wildman–Crippen LogP) is 6.06. The summed E-state index contributed by atoms with van der Waals surface area (Å²) in [6, 6.07) is 23.0. The van der Waals surface area contributed by atoms with E-state index in [1.807, 2.05) is 34.6 Å². The number of carboxylic acids is 1. The highest BCUT2D eigenvalue weighted by Crippen LogP contribution is 2.37. The number of phenols is 1. The maximum atomic E-state index is 13.0. The Morgan fingerprint density at radius 3 is 1.05 bits per heavy atom. The number of carbonyl (C=O) groups is 16. The number of nitrogens with one attached hydrogen (secondary N) is 3. The molecule has 5 aromatic carbocycles. The van der Waals surface area contributed by atoms with Crippen molar-refractivity contribution in [3.05, 3.63) is 148 Å². The summed E-state index contributed by atoms with van der Waals surface area (Å²) in [7, 11) is -2.24. The summed E-state index contributed by atoms with van der Waals surface area (Å²) < 4.78 is 97.2. The van der Waals surface area contributed by atoms with Gasteiger partial charge in [-0.25, -0.2) is 8.42 Å². The standard InChI is InChI=1S/C22H26N2O8.C18H18N2O8.C16H24O6S.C13H10N2O5.C9H18O4.C7H7ClO2S/c1-22(2,3)32-17(26)9-10-30-11-12-31-15-6-4-5-13-18(15)21(29)24(20(13)28)14-7-8-16(25)23-19(14)27;21-13-5-4-11(16(24)19-13)20-17(25)10-2-1-3-12(15(10)18(20)26)28-9-8-27-7-6-14(22)23;1-13-5-7-14(8-6-13)23(18,19)21-12-11-20-10-9-15(17)22-16(2,3)4;16-8-3-1-2-6-10(8)13(20)15(12(6)19)7-4-5-9(17)14-11(7)18;1-9(2,3)13-8(11)4-6-12-7-5-10;1-6-2-4-7(5-3-6)11(8,9)10/h4-6,14H,7-12H2,1-3H3,(H,23,25,27);1-3,11H,4-9H2,(H,22,23)(H,19,21,24);5-8H,9-12H2,1-4H3;1-3,7,16H,4-5H2,(H,14,17,18);10H,4-7H2,1-3H3;2-5H,1H3. The molecule has 6 aliphatic heterocycles. The number of aliphatic hydroxyl groups excluding tert-OH is 1. The predicted molar refractivity (Wildman–Crippen MR) is 445 cm³/mol. The van der Waals surface area contributed by atoms with Crippen molar-refractivity contribution in [2.45, 2.75) is 185 Å². The Labute approximate surface area is 736 Å². The van der Waals surface area contributed by atoms with E-state index in [1.165, 1.54) is 60.7 Å². The Balaban J connectivity index is 0.000000243. The molecule has 42 heteroatoms. The second kappa shape index (κ2) is 47.7. The molecule has 6 heterocycles. The molecule has 6 aliphatic rings. The van der Waals surface area contributed by atoms with Gasteiger partial charge in [0.1, 0.15) is 65.4 Å². The first-order valence-electron chi connectivity index (χ1n) is 39.8. The molecule has 3 unspecified atom stereocenters. The van der Waals surface area contributed by atoms with Gasteiger partial charge in [-0.2, -0.15) is 8.42 Å². The van der Waals surface area contributed by atoms with E-state index < -0.39 is 131 Å². The number of aliphatic hydroxyl groups is 1. The number of piperidine rings is 3. The van der Waals surface area contributed by atoms with Gasteiger partial charge >= 0.3 is 23.9 Å². The van der Waals surface area contributed by atoms with Gasteiger partial charge in [0.2, 0.25) is 35.4 Å².